The first kappa shape index (κ1) is 12.6. The third kappa shape index (κ3) is 5.25. The third-order valence-electron chi connectivity index (χ3n) is 2.34. The maximum Gasteiger partial charge on any atom is 0.0797 e. The number of methoxy groups -OCH3 is 1. The maximum atomic E-state index is 4.95. The van der Waals surface area contributed by atoms with Gasteiger partial charge in [-0.2, -0.15) is 0 Å². The number of nitrogens with zero attached hydrogens (tertiary/aromatic N) is 1. The van der Waals surface area contributed by atoms with Gasteiger partial charge in [0.1, 0.15) is 0 Å². The maximum absolute atomic E-state index is 4.95. The first-order chi connectivity index (χ1) is 7.34. The van der Waals surface area contributed by atoms with E-state index in [1.165, 1.54) is 29.8 Å². The molecule has 0 spiro atoms. The van der Waals surface area contributed by atoms with Crippen LogP contribution in [0.15, 0.2) is 5.51 Å². The molecule has 1 aromatic heterocycles. The zero-order valence-corrected chi connectivity index (χ0v) is 10.4. The van der Waals surface area contributed by atoms with Gasteiger partial charge in [-0.15, -0.1) is 11.3 Å². The monoisotopic (exact) mass is 228 g/mol. The van der Waals surface area contributed by atoms with Crippen molar-refractivity contribution in [2.24, 2.45) is 0 Å². The minimum absolute atomic E-state index is 0.800. The fourth-order valence-corrected chi connectivity index (χ4v) is 2.22. The van der Waals surface area contributed by atoms with Crippen LogP contribution in [0.1, 0.15) is 23.4 Å². The highest BCUT2D eigenvalue weighted by molar-refractivity contribution is 7.09. The van der Waals surface area contributed by atoms with Crippen molar-refractivity contribution >= 4 is 11.3 Å². The van der Waals surface area contributed by atoms with E-state index in [1.54, 1.807) is 18.4 Å². The average molecular weight is 228 g/mol. The van der Waals surface area contributed by atoms with Gasteiger partial charge in [-0.05, 0) is 32.7 Å². The molecule has 0 radical (unpaired) electrons. The fourth-order valence-electron chi connectivity index (χ4n) is 1.40. The molecule has 15 heavy (non-hydrogen) atoms. The molecule has 3 nitrogen and oxygen atoms in total. The van der Waals surface area contributed by atoms with Crippen LogP contribution in [0.5, 0.6) is 0 Å². The lowest BCUT2D eigenvalue weighted by Gasteiger charge is -2.03. The van der Waals surface area contributed by atoms with Crippen molar-refractivity contribution < 1.29 is 4.74 Å². The van der Waals surface area contributed by atoms with E-state index in [9.17, 15) is 0 Å². The number of rotatable bonds is 8. The van der Waals surface area contributed by atoms with Crippen LogP contribution in [-0.4, -0.2) is 31.8 Å². The van der Waals surface area contributed by atoms with E-state index in [0.717, 1.165) is 19.7 Å². The Balaban J connectivity index is 1.96. The molecule has 0 aliphatic carbocycles. The lowest BCUT2D eigenvalue weighted by atomic mass is 10.2. The summed E-state index contributed by atoms with van der Waals surface area (Å²) in [5.74, 6) is 0. The molecule has 0 aromatic carbocycles. The Hall–Kier alpha value is -0.450. The van der Waals surface area contributed by atoms with Crippen molar-refractivity contribution in [1.82, 2.24) is 10.3 Å². The fraction of sp³-hybridized carbons (Fsp3) is 0.727. The summed E-state index contributed by atoms with van der Waals surface area (Å²) in [5, 5.41) is 3.34. The highest BCUT2D eigenvalue weighted by Gasteiger charge is 2.00. The van der Waals surface area contributed by atoms with Crippen molar-refractivity contribution in [3.05, 3.63) is 16.1 Å². The van der Waals surface area contributed by atoms with Crippen molar-refractivity contribution in [3.8, 4) is 0 Å². The molecule has 1 N–H and O–H groups in total. The first-order valence-corrected chi connectivity index (χ1v) is 6.31. The highest BCUT2D eigenvalue weighted by atomic mass is 32.1. The van der Waals surface area contributed by atoms with Crippen LogP contribution < -0.4 is 5.32 Å². The normalized spacial score (nSPS) is 10.8. The van der Waals surface area contributed by atoms with E-state index in [0.29, 0.717) is 0 Å². The van der Waals surface area contributed by atoms with E-state index in [2.05, 4.69) is 17.2 Å². The van der Waals surface area contributed by atoms with Crippen LogP contribution in [0.4, 0.5) is 0 Å². The van der Waals surface area contributed by atoms with Crippen LogP contribution >= 0.6 is 11.3 Å². The van der Waals surface area contributed by atoms with Gasteiger partial charge in [0.25, 0.3) is 0 Å². The molecule has 1 aromatic rings. The Morgan fingerprint density at radius 1 is 1.40 bits per heavy atom. The van der Waals surface area contributed by atoms with Gasteiger partial charge in [0.2, 0.25) is 0 Å². The van der Waals surface area contributed by atoms with Crippen molar-refractivity contribution in [2.75, 3.05) is 26.8 Å². The summed E-state index contributed by atoms with van der Waals surface area (Å²) in [6.07, 6.45) is 3.63. The Kier molecular flexibility index (Phi) is 6.55. The topological polar surface area (TPSA) is 34.1 Å². The van der Waals surface area contributed by atoms with Gasteiger partial charge in [0.05, 0.1) is 17.8 Å². The van der Waals surface area contributed by atoms with Crippen LogP contribution in [0.3, 0.4) is 0 Å². The smallest absolute Gasteiger partial charge is 0.0797 e. The summed E-state index contributed by atoms with van der Waals surface area (Å²) < 4.78 is 4.95. The van der Waals surface area contributed by atoms with E-state index in [-0.39, 0.29) is 0 Å². The lowest BCUT2D eigenvalue weighted by molar-refractivity contribution is 0.199. The third-order valence-corrected chi connectivity index (χ3v) is 3.33. The molecule has 0 unspecified atom stereocenters. The Bertz CT molecular complexity index is 263. The summed E-state index contributed by atoms with van der Waals surface area (Å²) in [5.41, 5.74) is 3.13. The van der Waals surface area contributed by atoms with Gasteiger partial charge in [-0.3, -0.25) is 0 Å². The number of nitrogens with one attached hydrogen (secondary N) is 1. The molecule has 0 atom stereocenters. The number of hydrogen-bond donors (Lipinski definition) is 1. The molecule has 0 fully saturated rings. The summed E-state index contributed by atoms with van der Waals surface area (Å²) >= 11 is 1.77. The predicted molar refractivity (Wildman–Crippen MR) is 64.5 cm³/mol. The molecule has 0 aliphatic rings. The van der Waals surface area contributed by atoms with Crippen LogP contribution in [0, 0.1) is 6.92 Å². The summed E-state index contributed by atoms with van der Waals surface area (Å²) in [7, 11) is 1.73. The van der Waals surface area contributed by atoms with Crippen LogP contribution in [0.2, 0.25) is 0 Å². The van der Waals surface area contributed by atoms with Crippen LogP contribution in [-0.2, 0) is 11.2 Å². The number of ether oxygens (including phenoxy) is 1. The minimum atomic E-state index is 0.800. The second-order valence-corrected chi connectivity index (χ2v) is 4.50. The van der Waals surface area contributed by atoms with Gasteiger partial charge < -0.3 is 10.1 Å². The van der Waals surface area contributed by atoms with Gasteiger partial charge in [-0.25, -0.2) is 4.98 Å². The SMILES string of the molecule is COCCNCCCCc1scnc1C. The minimum Gasteiger partial charge on any atom is -0.383 e. The standard InChI is InChI=1S/C11H20N2OS/c1-10-11(15-9-13-10)5-3-4-6-12-7-8-14-2/h9,12H,3-8H2,1-2H3. The zero-order valence-electron chi connectivity index (χ0n) is 9.58. The average Bonchev–Trinajstić information content (AvgIpc) is 2.63. The lowest BCUT2D eigenvalue weighted by Crippen LogP contribution is -2.20. The molecule has 0 bridgehead atoms. The van der Waals surface area contributed by atoms with E-state index >= 15 is 0 Å². The molecule has 86 valence electrons. The van der Waals surface area contributed by atoms with E-state index in [4.69, 9.17) is 4.74 Å². The summed E-state index contributed by atoms with van der Waals surface area (Å²) in [6.45, 7) is 4.92. The Labute approximate surface area is 95.9 Å². The molecule has 0 amide bonds. The molecule has 0 saturated carbocycles. The van der Waals surface area contributed by atoms with Crippen molar-refractivity contribution in [1.29, 1.82) is 0 Å². The molecule has 1 heterocycles. The second kappa shape index (κ2) is 7.79. The number of hydrogen-bond acceptors (Lipinski definition) is 4. The van der Waals surface area contributed by atoms with Gasteiger partial charge in [-0.1, -0.05) is 0 Å². The van der Waals surface area contributed by atoms with E-state index in [1.807, 2.05) is 5.51 Å². The van der Waals surface area contributed by atoms with Crippen molar-refractivity contribution in [3.63, 3.8) is 0 Å². The zero-order chi connectivity index (χ0) is 10.9. The second-order valence-electron chi connectivity index (χ2n) is 3.56. The Morgan fingerprint density at radius 3 is 2.93 bits per heavy atom. The van der Waals surface area contributed by atoms with Gasteiger partial charge >= 0.3 is 0 Å². The molecule has 0 saturated heterocycles. The van der Waals surface area contributed by atoms with Crippen molar-refractivity contribution in [2.45, 2.75) is 26.2 Å². The number of unbranched alkanes of at least 4 members (excludes halogenated alkanes) is 1. The molecule has 4 heteroatoms. The van der Waals surface area contributed by atoms with Gasteiger partial charge in [0.15, 0.2) is 0 Å². The largest absolute Gasteiger partial charge is 0.383 e. The number of thiazole rings is 1. The quantitative estimate of drug-likeness (QED) is 0.691. The number of aromatic nitrogens is 1. The Morgan fingerprint density at radius 2 is 2.27 bits per heavy atom. The predicted octanol–water partition coefficient (Wildman–Crippen LogP) is 2.01. The van der Waals surface area contributed by atoms with E-state index < -0.39 is 0 Å². The number of aryl methyl sites for hydroxylation is 2. The molecular formula is C11H20N2OS. The van der Waals surface area contributed by atoms with Gasteiger partial charge in [0, 0.05) is 18.5 Å². The summed E-state index contributed by atoms with van der Waals surface area (Å²) in [6, 6.07) is 0. The molecule has 0 aliphatic heterocycles. The molecular weight excluding hydrogens is 208 g/mol. The molecule has 1 rings (SSSR count). The summed E-state index contributed by atoms with van der Waals surface area (Å²) in [4.78, 5) is 5.68. The highest BCUT2D eigenvalue weighted by Crippen LogP contribution is 2.14. The van der Waals surface area contributed by atoms with Crippen LogP contribution in [0.25, 0.3) is 0 Å². The first-order valence-electron chi connectivity index (χ1n) is 5.43.